The van der Waals surface area contributed by atoms with Crippen LogP contribution in [0, 0.1) is 5.82 Å². The zero-order valence-electron chi connectivity index (χ0n) is 11.4. The van der Waals surface area contributed by atoms with Crippen molar-refractivity contribution in [3.05, 3.63) is 36.2 Å². The number of anilines is 2. The first-order valence-corrected chi connectivity index (χ1v) is 6.64. The standard InChI is InChI=1S/C14H19FN4O/c1-2-20-13-9-12(11(16)8-10(13)15)17-5-3-4-14-18-6-7-19-14/h6-9,17H,2-5,16H2,1H3,(H,18,19). The second-order valence-corrected chi connectivity index (χ2v) is 4.37. The summed E-state index contributed by atoms with van der Waals surface area (Å²) >= 11 is 0. The number of ether oxygens (including phenoxy) is 1. The molecule has 0 bridgehead atoms. The maximum absolute atomic E-state index is 13.5. The highest BCUT2D eigenvalue weighted by Crippen LogP contribution is 2.28. The van der Waals surface area contributed by atoms with E-state index in [4.69, 9.17) is 10.5 Å². The minimum absolute atomic E-state index is 0.218. The van der Waals surface area contributed by atoms with Gasteiger partial charge in [0.25, 0.3) is 0 Å². The Balaban J connectivity index is 1.89. The SMILES string of the molecule is CCOc1cc(NCCCc2ncc[nH]2)c(N)cc1F. The molecule has 0 saturated heterocycles. The molecule has 0 fully saturated rings. The molecule has 5 nitrogen and oxygen atoms in total. The molecule has 1 aromatic heterocycles. The minimum Gasteiger partial charge on any atom is -0.491 e. The van der Waals surface area contributed by atoms with E-state index in [1.807, 2.05) is 6.92 Å². The van der Waals surface area contributed by atoms with Gasteiger partial charge in [0.05, 0.1) is 18.0 Å². The van der Waals surface area contributed by atoms with Crippen molar-refractivity contribution in [3.8, 4) is 5.75 Å². The van der Waals surface area contributed by atoms with Gasteiger partial charge >= 0.3 is 0 Å². The van der Waals surface area contributed by atoms with Crippen LogP contribution in [0.25, 0.3) is 0 Å². The van der Waals surface area contributed by atoms with Gasteiger partial charge in [0, 0.05) is 37.5 Å². The Kier molecular flexibility index (Phi) is 4.81. The highest BCUT2D eigenvalue weighted by atomic mass is 19.1. The Morgan fingerprint density at radius 2 is 2.30 bits per heavy atom. The number of nitrogens with zero attached hydrogens (tertiary/aromatic N) is 1. The Labute approximate surface area is 117 Å². The van der Waals surface area contributed by atoms with E-state index in [2.05, 4.69) is 15.3 Å². The number of aromatic nitrogens is 2. The number of imidazole rings is 1. The predicted octanol–water partition coefficient (Wildman–Crippen LogP) is 2.57. The summed E-state index contributed by atoms with van der Waals surface area (Å²) in [4.78, 5) is 7.20. The van der Waals surface area contributed by atoms with Gasteiger partial charge in [-0.2, -0.15) is 0 Å². The molecule has 0 spiro atoms. The van der Waals surface area contributed by atoms with E-state index in [9.17, 15) is 4.39 Å². The van der Waals surface area contributed by atoms with Crippen LogP contribution in [0.5, 0.6) is 5.75 Å². The Morgan fingerprint density at radius 1 is 1.45 bits per heavy atom. The molecule has 4 N–H and O–H groups in total. The number of hydrogen-bond acceptors (Lipinski definition) is 4. The number of nitrogens with two attached hydrogens (primary N) is 1. The molecular weight excluding hydrogens is 259 g/mol. The molecule has 0 aliphatic heterocycles. The average molecular weight is 278 g/mol. The molecule has 0 aliphatic carbocycles. The third-order valence-corrected chi connectivity index (χ3v) is 2.86. The number of hydrogen-bond donors (Lipinski definition) is 3. The summed E-state index contributed by atoms with van der Waals surface area (Å²) in [6.07, 6.45) is 5.28. The van der Waals surface area contributed by atoms with E-state index in [0.29, 0.717) is 18.0 Å². The van der Waals surface area contributed by atoms with Gasteiger partial charge < -0.3 is 20.8 Å². The highest BCUT2D eigenvalue weighted by molar-refractivity contribution is 5.68. The summed E-state index contributed by atoms with van der Waals surface area (Å²) in [6, 6.07) is 2.88. The monoisotopic (exact) mass is 278 g/mol. The summed E-state index contributed by atoms with van der Waals surface area (Å²) in [6.45, 7) is 2.95. The van der Waals surface area contributed by atoms with E-state index in [-0.39, 0.29) is 5.75 Å². The van der Waals surface area contributed by atoms with Crippen LogP contribution >= 0.6 is 0 Å². The van der Waals surface area contributed by atoms with E-state index >= 15 is 0 Å². The number of rotatable bonds is 7. The predicted molar refractivity (Wildman–Crippen MR) is 77.4 cm³/mol. The van der Waals surface area contributed by atoms with Crippen LogP contribution in [0.3, 0.4) is 0 Å². The van der Waals surface area contributed by atoms with Crippen molar-refractivity contribution in [2.24, 2.45) is 0 Å². The zero-order chi connectivity index (χ0) is 14.4. The normalized spacial score (nSPS) is 10.5. The van der Waals surface area contributed by atoms with Gasteiger partial charge in [-0.15, -0.1) is 0 Å². The van der Waals surface area contributed by atoms with Crippen molar-refractivity contribution in [1.82, 2.24) is 9.97 Å². The smallest absolute Gasteiger partial charge is 0.167 e. The largest absolute Gasteiger partial charge is 0.491 e. The molecule has 0 radical (unpaired) electrons. The summed E-state index contributed by atoms with van der Waals surface area (Å²) in [7, 11) is 0. The van der Waals surface area contributed by atoms with E-state index in [1.54, 1.807) is 18.5 Å². The fraction of sp³-hybridized carbons (Fsp3) is 0.357. The van der Waals surface area contributed by atoms with E-state index < -0.39 is 5.82 Å². The summed E-state index contributed by atoms with van der Waals surface area (Å²) in [5.41, 5.74) is 6.85. The minimum atomic E-state index is -0.439. The lowest BCUT2D eigenvalue weighted by atomic mass is 10.2. The molecule has 2 rings (SSSR count). The van der Waals surface area contributed by atoms with Crippen LogP contribution in [0.2, 0.25) is 0 Å². The quantitative estimate of drug-likeness (QED) is 0.537. The van der Waals surface area contributed by atoms with Crippen molar-refractivity contribution in [2.75, 3.05) is 24.2 Å². The van der Waals surface area contributed by atoms with Crippen LogP contribution < -0.4 is 15.8 Å². The van der Waals surface area contributed by atoms with Gasteiger partial charge in [-0.1, -0.05) is 0 Å². The number of aryl methyl sites for hydroxylation is 1. The fourth-order valence-corrected chi connectivity index (χ4v) is 1.90. The van der Waals surface area contributed by atoms with E-state index in [1.165, 1.54) is 6.07 Å². The zero-order valence-corrected chi connectivity index (χ0v) is 11.4. The lowest BCUT2D eigenvalue weighted by Gasteiger charge is -2.12. The summed E-state index contributed by atoms with van der Waals surface area (Å²) in [5, 5.41) is 3.19. The van der Waals surface area contributed by atoms with Crippen LogP contribution in [-0.4, -0.2) is 23.1 Å². The first-order valence-electron chi connectivity index (χ1n) is 6.64. The summed E-state index contributed by atoms with van der Waals surface area (Å²) < 4.78 is 18.8. The molecule has 108 valence electrons. The van der Waals surface area contributed by atoms with Gasteiger partial charge in [0.15, 0.2) is 11.6 Å². The van der Waals surface area contributed by atoms with Gasteiger partial charge in [0.1, 0.15) is 5.82 Å². The molecule has 0 aliphatic rings. The van der Waals surface area contributed by atoms with Crippen molar-refractivity contribution in [3.63, 3.8) is 0 Å². The van der Waals surface area contributed by atoms with Crippen LogP contribution in [0.4, 0.5) is 15.8 Å². The van der Waals surface area contributed by atoms with Crippen LogP contribution in [0.1, 0.15) is 19.2 Å². The second kappa shape index (κ2) is 6.79. The molecule has 20 heavy (non-hydrogen) atoms. The third kappa shape index (κ3) is 3.63. The highest BCUT2D eigenvalue weighted by Gasteiger charge is 2.08. The number of H-pyrrole nitrogens is 1. The lowest BCUT2D eigenvalue weighted by Crippen LogP contribution is -2.07. The van der Waals surface area contributed by atoms with Crippen molar-refractivity contribution < 1.29 is 9.13 Å². The second-order valence-electron chi connectivity index (χ2n) is 4.37. The average Bonchev–Trinajstić information content (AvgIpc) is 2.92. The molecule has 2 aromatic rings. The Hall–Kier alpha value is -2.24. The molecular formula is C14H19FN4O. The molecule has 0 amide bonds. The number of benzene rings is 1. The van der Waals surface area contributed by atoms with Crippen molar-refractivity contribution >= 4 is 11.4 Å². The van der Waals surface area contributed by atoms with Gasteiger partial charge in [-0.05, 0) is 13.3 Å². The third-order valence-electron chi connectivity index (χ3n) is 2.86. The molecule has 0 atom stereocenters. The van der Waals surface area contributed by atoms with Gasteiger partial charge in [-0.3, -0.25) is 0 Å². The van der Waals surface area contributed by atoms with E-state index in [0.717, 1.165) is 25.2 Å². The van der Waals surface area contributed by atoms with Crippen LogP contribution in [-0.2, 0) is 6.42 Å². The number of halogens is 1. The maximum Gasteiger partial charge on any atom is 0.167 e. The Bertz CT molecular complexity index is 542. The first kappa shape index (κ1) is 14.2. The van der Waals surface area contributed by atoms with Crippen molar-refractivity contribution in [2.45, 2.75) is 19.8 Å². The van der Waals surface area contributed by atoms with Crippen LogP contribution in [0.15, 0.2) is 24.5 Å². The summed E-state index contributed by atoms with van der Waals surface area (Å²) in [5.74, 6) is 0.731. The molecule has 1 aromatic carbocycles. The molecule has 1 heterocycles. The number of aromatic amines is 1. The number of nitrogen functional groups attached to an aromatic ring is 1. The van der Waals surface area contributed by atoms with Gasteiger partial charge in [-0.25, -0.2) is 9.37 Å². The van der Waals surface area contributed by atoms with Gasteiger partial charge in [0.2, 0.25) is 0 Å². The Morgan fingerprint density at radius 3 is 3.00 bits per heavy atom. The topological polar surface area (TPSA) is 76.0 Å². The maximum atomic E-state index is 13.5. The first-order chi connectivity index (χ1) is 9.70. The van der Waals surface area contributed by atoms with Crippen molar-refractivity contribution in [1.29, 1.82) is 0 Å². The number of nitrogens with one attached hydrogen (secondary N) is 2. The lowest BCUT2D eigenvalue weighted by molar-refractivity contribution is 0.322. The molecule has 0 unspecified atom stereocenters. The fourth-order valence-electron chi connectivity index (χ4n) is 1.90. The molecule has 0 saturated carbocycles. The molecule has 6 heteroatoms.